The number of anilines is 1. The number of hydrogen-bond donors (Lipinski definition) is 1. The maximum atomic E-state index is 12.4. The first kappa shape index (κ1) is 23.7. The van der Waals surface area contributed by atoms with E-state index in [-0.39, 0.29) is 12.1 Å². The fourth-order valence-electron chi connectivity index (χ4n) is 5.27. The summed E-state index contributed by atoms with van der Waals surface area (Å²) in [6, 6.07) is 5.46. The zero-order valence-electron chi connectivity index (χ0n) is 21.4. The fraction of sp³-hybridized carbons (Fsp3) is 0.577. The van der Waals surface area contributed by atoms with Gasteiger partial charge in [-0.05, 0) is 59.2 Å². The molecule has 2 fully saturated rings. The van der Waals surface area contributed by atoms with E-state index >= 15 is 0 Å². The van der Waals surface area contributed by atoms with E-state index in [9.17, 15) is 4.79 Å². The summed E-state index contributed by atoms with van der Waals surface area (Å²) >= 11 is 0. The Hall–Kier alpha value is -3.07. The van der Waals surface area contributed by atoms with Crippen molar-refractivity contribution in [2.24, 2.45) is 0 Å². The highest BCUT2D eigenvalue weighted by Gasteiger charge is 2.25. The van der Waals surface area contributed by atoms with Crippen molar-refractivity contribution >= 4 is 17.2 Å². The third kappa shape index (κ3) is 5.00. The largest absolute Gasteiger partial charge is 0.366 e. The van der Waals surface area contributed by atoms with E-state index in [1.54, 1.807) is 0 Å². The molecule has 0 bridgehead atoms. The molecule has 9 heteroatoms. The van der Waals surface area contributed by atoms with E-state index in [0.29, 0.717) is 25.2 Å². The van der Waals surface area contributed by atoms with Crippen LogP contribution in [0.25, 0.3) is 16.6 Å². The van der Waals surface area contributed by atoms with Crippen molar-refractivity contribution in [1.29, 1.82) is 0 Å². The van der Waals surface area contributed by atoms with Crippen LogP contribution >= 0.6 is 0 Å². The van der Waals surface area contributed by atoms with Crippen LogP contribution in [0.15, 0.2) is 36.9 Å². The average Bonchev–Trinajstić information content (AvgIpc) is 3.51. The summed E-state index contributed by atoms with van der Waals surface area (Å²) in [5, 5.41) is 12.3. The summed E-state index contributed by atoms with van der Waals surface area (Å²) in [4.78, 5) is 19.2. The molecule has 0 aromatic carbocycles. The minimum atomic E-state index is 0.0241. The molecule has 1 N–H and O–H groups in total. The van der Waals surface area contributed by atoms with Gasteiger partial charge < -0.3 is 15.1 Å². The maximum Gasteiger partial charge on any atom is 0.317 e. The van der Waals surface area contributed by atoms with E-state index in [1.807, 2.05) is 35.7 Å². The van der Waals surface area contributed by atoms with E-state index in [0.717, 1.165) is 42.0 Å². The van der Waals surface area contributed by atoms with Crippen LogP contribution in [0.4, 0.5) is 10.5 Å². The first-order chi connectivity index (χ1) is 16.9. The molecular weight excluding hydrogens is 440 g/mol. The molecule has 0 spiro atoms. The summed E-state index contributed by atoms with van der Waals surface area (Å²) in [5.74, 6) is 0. The molecule has 2 aliphatic heterocycles. The number of nitrogens with zero attached hydrogens (tertiary/aromatic N) is 7. The monoisotopic (exact) mass is 478 g/mol. The molecule has 188 valence electrons. The van der Waals surface area contributed by atoms with E-state index < -0.39 is 0 Å². The molecule has 5 heterocycles. The minimum absolute atomic E-state index is 0.0241. The minimum Gasteiger partial charge on any atom is -0.366 e. The Morgan fingerprint density at radius 1 is 1.03 bits per heavy atom. The number of piperazine rings is 1. The van der Waals surface area contributed by atoms with Gasteiger partial charge in [0.1, 0.15) is 0 Å². The summed E-state index contributed by atoms with van der Waals surface area (Å²) in [6.07, 6.45) is 10.5. The third-order valence-electron chi connectivity index (χ3n) is 7.27. The lowest BCUT2D eigenvalue weighted by atomic mass is 10.0. The van der Waals surface area contributed by atoms with Crippen molar-refractivity contribution in [3.63, 3.8) is 0 Å². The van der Waals surface area contributed by atoms with Gasteiger partial charge in [0.05, 0.1) is 23.4 Å². The lowest BCUT2D eigenvalue weighted by Gasteiger charge is -2.36. The highest BCUT2D eigenvalue weighted by Crippen LogP contribution is 2.30. The number of nitrogens with one attached hydrogen (secondary N) is 1. The Bertz CT molecular complexity index is 1160. The Kier molecular flexibility index (Phi) is 6.69. The Morgan fingerprint density at radius 2 is 1.83 bits per heavy atom. The van der Waals surface area contributed by atoms with Gasteiger partial charge in [-0.2, -0.15) is 10.2 Å². The van der Waals surface area contributed by atoms with Gasteiger partial charge in [0.2, 0.25) is 0 Å². The number of piperidine rings is 1. The fourth-order valence-corrected chi connectivity index (χ4v) is 5.27. The molecule has 1 atom stereocenters. The van der Waals surface area contributed by atoms with Crippen LogP contribution in [0.2, 0.25) is 0 Å². The molecule has 3 aromatic rings. The van der Waals surface area contributed by atoms with Crippen molar-refractivity contribution in [2.75, 3.05) is 44.2 Å². The molecule has 0 aliphatic carbocycles. The predicted molar refractivity (Wildman–Crippen MR) is 139 cm³/mol. The van der Waals surface area contributed by atoms with Crippen LogP contribution in [-0.2, 0) is 0 Å². The van der Waals surface area contributed by atoms with Crippen molar-refractivity contribution in [3.8, 4) is 11.1 Å². The lowest BCUT2D eigenvalue weighted by Crippen LogP contribution is -2.53. The first-order valence-electron chi connectivity index (χ1n) is 13.0. The van der Waals surface area contributed by atoms with E-state index in [2.05, 4.69) is 63.3 Å². The van der Waals surface area contributed by atoms with Crippen LogP contribution in [0.1, 0.15) is 46.6 Å². The highest BCUT2D eigenvalue weighted by molar-refractivity contribution is 5.80. The van der Waals surface area contributed by atoms with E-state index in [1.165, 1.54) is 19.4 Å². The van der Waals surface area contributed by atoms with Crippen LogP contribution in [0.5, 0.6) is 0 Å². The smallest absolute Gasteiger partial charge is 0.317 e. The second-order valence-electron chi connectivity index (χ2n) is 10.4. The number of hydrogen-bond acceptors (Lipinski definition) is 5. The topological polar surface area (TPSA) is 73.9 Å². The first-order valence-corrected chi connectivity index (χ1v) is 13.0. The van der Waals surface area contributed by atoms with Crippen LogP contribution in [-0.4, -0.2) is 86.6 Å². The molecule has 5 rings (SSSR count). The number of amides is 2. The Morgan fingerprint density at radius 3 is 2.57 bits per heavy atom. The van der Waals surface area contributed by atoms with Crippen LogP contribution < -0.4 is 10.2 Å². The molecular formula is C26H38N8O. The zero-order valence-corrected chi connectivity index (χ0v) is 21.4. The molecule has 2 saturated heterocycles. The number of rotatable bonds is 5. The van der Waals surface area contributed by atoms with E-state index in [4.69, 9.17) is 5.10 Å². The SMILES string of the molecule is CC(C)NC(=O)N1CCN(c2ccnn3cc(-c4cnn([C@H]5CCCN(C(C)C)C5)c4)cc23)CC1. The highest BCUT2D eigenvalue weighted by atomic mass is 16.2. The molecule has 35 heavy (non-hydrogen) atoms. The number of carbonyl (C=O) groups excluding carboxylic acids is 1. The van der Waals surface area contributed by atoms with Crippen molar-refractivity contribution in [1.82, 2.24) is 34.5 Å². The predicted octanol–water partition coefficient (Wildman–Crippen LogP) is 3.48. The van der Waals surface area contributed by atoms with Crippen molar-refractivity contribution < 1.29 is 4.79 Å². The summed E-state index contributed by atoms with van der Waals surface area (Å²) in [5.41, 5.74) is 4.49. The van der Waals surface area contributed by atoms with Crippen molar-refractivity contribution in [2.45, 2.75) is 58.7 Å². The second-order valence-corrected chi connectivity index (χ2v) is 10.4. The summed E-state index contributed by atoms with van der Waals surface area (Å²) in [6.45, 7) is 13.8. The summed E-state index contributed by atoms with van der Waals surface area (Å²) in [7, 11) is 0. The number of likely N-dealkylation sites (tertiary alicyclic amines) is 1. The van der Waals surface area contributed by atoms with Gasteiger partial charge in [-0.15, -0.1) is 0 Å². The van der Waals surface area contributed by atoms with Gasteiger partial charge in [0, 0.05) is 74.5 Å². The molecule has 0 unspecified atom stereocenters. The van der Waals surface area contributed by atoms with Gasteiger partial charge in [-0.25, -0.2) is 9.31 Å². The number of fused-ring (bicyclic) bond motifs is 1. The molecule has 0 radical (unpaired) electrons. The van der Waals surface area contributed by atoms with Gasteiger partial charge >= 0.3 is 6.03 Å². The number of urea groups is 1. The second kappa shape index (κ2) is 9.89. The van der Waals surface area contributed by atoms with Gasteiger partial charge in [0.15, 0.2) is 0 Å². The Balaban J connectivity index is 1.32. The quantitative estimate of drug-likeness (QED) is 0.608. The molecule has 9 nitrogen and oxygen atoms in total. The normalized spacial score (nSPS) is 19.8. The Labute approximate surface area is 207 Å². The van der Waals surface area contributed by atoms with Gasteiger partial charge in [0.25, 0.3) is 0 Å². The summed E-state index contributed by atoms with van der Waals surface area (Å²) < 4.78 is 4.11. The van der Waals surface area contributed by atoms with Crippen LogP contribution in [0, 0.1) is 0 Å². The number of carbonyl (C=O) groups is 1. The molecule has 3 aromatic heterocycles. The van der Waals surface area contributed by atoms with Crippen LogP contribution in [0.3, 0.4) is 0 Å². The molecule has 2 amide bonds. The molecule has 0 saturated carbocycles. The average molecular weight is 479 g/mol. The standard InChI is InChI=1S/C26H38N8O/c1-19(2)29-26(35)31-12-10-30(11-13-31)24-7-8-27-34-16-21(14-25(24)34)22-15-28-33(17-22)23-6-5-9-32(18-23)20(3)4/h7-8,14-17,19-20,23H,5-6,9-13,18H2,1-4H3,(H,29,35)/t23-/m0/s1. The van der Waals surface area contributed by atoms with Gasteiger partial charge in [-0.1, -0.05) is 0 Å². The van der Waals surface area contributed by atoms with Crippen molar-refractivity contribution in [3.05, 3.63) is 36.9 Å². The lowest BCUT2D eigenvalue weighted by molar-refractivity contribution is 0.137. The zero-order chi connectivity index (χ0) is 24.5. The maximum absolute atomic E-state index is 12.4. The van der Waals surface area contributed by atoms with Gasteiger partial charge in [-0.3, -0.25) is 9.58 Å². The molecule has 2 aliphatic rings. The third-order valence-corrected chi connectivity index (χ3v) is 7.27. The number of aromatic nitrogens is 4.